The minimum Gasteiger partial charge on any atom is -0.363 e. The number of carbonyl (C=O) groups is 1. The number of hydrogen-bond donors (Lipinski definition) is 2. The first-order chi connectivity index (χ1) is 17.1. The van der Waals surface area contributed by atoms with Crippen LogP contribution in [0, 0.1) is 12.7 Å². The van der Waals surface area contributed by atoms with Crippen molar-refractivity contribution in [2.24, 2.45) is 0 Å². The number of pyridine rings is 1. The van der Waals surface area contributed by atoms with E-state index in [1.54, 1.807) is 0 Å². The van der Waals surface area contributed by atoms with Crippen LogP contribution in [0.15, 0.2) is 58.6 Å². The molecule has 190 valence electrons. The second-order valence-electron chi connectivity index (χ2n) is 9.07. The van der Waals surface area contributed by atoms with E-state index < -0.39 is 21.6 Å². The topological polar surface area (TPSA) is 117 Å². The summed E-state index contributed by atoms with van der Waals surface area (Å²) in [6.45, 7) is 1.93. The van der Waals surface area contributed by atoms with Crippen LogP contribution in [-0.2, 0) is 9.84 Å². The maximum atomic E-state index is 13.3. The number of anilines is 2. The molecule has 1 fully saturated rings. The summed E-state index contributed by atoms with van der Waals surface area (Å²) in [6, 6.07) is 9.38. The Morgan fingerprint density at radius 3 is 2.36 bits per heavy atom. The second kappa shape index (κ2) is 10.6. The van der Waals surface area contributed by atoms with Gasteiger partial charge in [-0.2, -0.15) is 4.98 Å². The number of carbonyl (C=O) groups excluding carboxylic acids is 1. The monoisotopic (exact) mass is 512 g/mol. The van der Waals surface area contributed by atoms with Gasteiger partial charge in [-0.25, -0.2) is 22.8 Å². The van der Waals surface area contributed by atoms with Gasteiger partial charge in [0.25, 0.3) is 5.91 Å². The summed E-state index contributed by atoms with van der Waals surface area (Å²) in [4.78, 5) is 27.9. The highest BCUT2D eigenvalue weighted by molar-refractivity contribution is 7.91. The highest BCUT2D eigenvalue weighted by Gasteiger charge is 2.28. The van der Waals surface area contributed by atoms with E-state index in [2.05, 4.69) is 25.6 Å². The van der Waals surface area contributed by atoms with Gasteiger partial charge in [-0.3, -0.25) is 4.79 Å². The van der Waals surface area contributed by atoms with Crippen LogP contribution in [0.4, 0.5) is 16.2 Å². The zero-order valence-corrected chi connectivity index (χ0v) is 21.2. The Labute approximate surface area is 210 Å². The Kier molecular flexibility index (Phi) is 7.48. The number of halogens is 1. The average Bonchev–Trinajstić information content (AvgIpc) is 2.85. The number of rotatable bonds is 7. The minimum atomic E-state index is -4.09. The second-order valence-corrected chi connectivity index (χ2v) is 10.9. The number of sulfone groups is 1. The molecule has 0 atom stereocenters. The lowest BCUT2D eigenvalue weighted by Gasteiger charge is -2.30. The number of aryl methyl sites for hydroxylation is 1. The zero-order chi connectivity index (χ0) is 25.9. The predicted octanol–water partition coefficient (Wildman–Crippen LogP) is 3.37. The van der Waals surface area contributed by atoms with Crippen molar-refractivity contribution >= 4 is 27.5 Å². The van der Waals surface area contributed by atoms with Crippen LogP contribution in [0.3, 0.4) is 0 Å². The molecule has 11 heteroatoms. The van der Waals surface area contributed by atoms with E-state index in [0.717, 1.165) is 61.5 Å². The SMILES string of the molecule is Cc1cc(N(C)C)nc(N[C@H]2CC[C@@H](NC(=O)c3cccnc3S(=O)(=O)c3ccc(F)cc3)CC2)n1. The molecule has 1 amide bonds. The highest BCUT2D eigenvalue weighted by Crippen LogP contribution is 2.25. The maximum absolute atomic E-state index is 13.3. The first-order valence-electron chi connectivity index (χ1n) is 11.7. The molecule has 2 aromatic heterocycles. The molecule has 3 aromatic rings. The molecule has 0 saturated heterocycles. The lowest BCUT2D eigenvalue weighted by Crippen LogP contribution is -2.40. The van der Waals surface area contributed by atoms with Gasteiger partial charge in [0.2, 0.25) is 15.8 Å². The van der Waals surface area contributed by atoms with Gasteiger partial charge in [-0.05, 0) is 69.0 Å². The van der Waals surface area contributed by atoms with Gasteiger partial charge in [-0.1, -0.05) is 0 Å². The van der Waals surface area contributed by atoms with Crippen LogP contribution in [-0.4, -0.2) is 55.5 Å². The Morgan fingerprint density at radius 1 is 1.03 bits per heavy atom. The number of nitrogens with zero attached hydrogens (tertiary/aromatic N) is 4. The third-order valence-corrected chi connectivity index (χ3v) is 7.82. The fraction of sp³-hybridized carbons (Fsp3) is 0.360. The average molecular weight is 513 g/mol. The largest absolute Gasteiger partial charge is 0.363 e. The lowest BCUT2D eigenvalue weighted by atomic mass is 9.91. The van der Waals surface area contributed by atoms with Crippen molar-refractivity contribution < 1.29 is 17.6 Å². The molecule has 0 unspecified atom stereocenters. The molecular weight excluding hydrogens is 483 g/mol. The van der Waals surface area contributed by atoms with Gasteiger partial charge in [-0.15, -0.1) is 0 Å². The maximum Gasteiger partial charge on any atom is 0.254 e. The van der Waals surface area contributed by atoms with Gasteiger partial charge in [0.1, 0.15) is 11.6 Å². The van der Waals surface area contributed by atoms with Gasteiger partial charge in [0, 0.05) is 44.1 Å². The fourth-order valence-corrected chi connectivity index (χ4v) is 5.54. The van der Waals surface area contributed by atoms with Crippen molar-refractivity contribution in [1.29, 1.82) is 0 Å². The summed E-state index contributed by atoms with van der Waals surface area (Å²) in [5.41, 5.74) is 0.839. The van der Waals surface area contributed by atoms with E-state index in [0.29, 0.717) is 5.95 Å². The molecule has 1 aliphatic rings. The number of benzene rings is 1. The molecule has 0 spiro atoms. The Morgan fingerprint density at radius 2 is 1.69 bits per heavy atom. The Bertz CT molecular complexity index is 1340. The van der Waals surface area contributed by atoms with Crippen LogP contribution < -0.4 is 15.5 Å². The van der Waals surface area contributed by atoms with Crippen molar-refractivity contribution in [2.75, 3.05) is 24.3 Å². The van der Waals surface area contributed by atoms with E-state index in [9.17, 15) is 17.6 Å². The first-order valence-corrected chi connectivity index (χ1v) is 13.2. The van der Waals surface area contributed by atoms with Gasteiger partial charge < -0.3 is 15.5 Å². The quantitative estimate of drug-likeness (QED) is 0.463. The van der Waals surface area contributed by atoms with E-state index in [-0.39, 0.29) is 27.6 Å². The Hall–Kier alpha value is -3.60. The van der Waals surface area contributed by atoms with E-state index in [4.69, 9.17) is 0 Å². The number of aromatic nitrogens is 3. The van der Waals surface area contributed by atoms with Crippen LogP contribution in [0.2, 0.25) is 0 Å². The molecule has 36 heavy (non-hydrogen) atoms. The summed E-state index contributed by atoms with van der Waals surface area (Å²) in [6.07, 6.45) is 4.35. The summed E-state index contributed by atoms with van der Waals surface area (Å²) in [7, 11) is -0.238. The van der Waals surface area contributed by atoms with Crippen molar-refractivity contribution in [3.8, 4) is 0 Å². The standard InChI is InChI=1S/C25H29FN6O3S/c1-16-15-22(32(2)3)31-25(28-16)30-19-10-8-18(9-11-19)29-23(33)21-5-4-14-27-24(21)36(34,35)20-12-6-17(26)7-13-20/h4-7,12-15,18-19H,8-11H2,1-3H3,(H,29,33)(H,28,30,31)/t18-,19+. The minimum absolute atomic E-state index is 0.0357. The summed E-state index contributed by atoms with van der Waals surface area (Å²) < 4.78 is 39.4. The van der Waals surface area contributed by atoms with Crippen LogP contribution in [0.5, 0.6) is 0 Å². The molecule has 2 heterocycles. The van der Waals surface area contributed by atoms with E-state index in [1.165, 1.54) is 18.3 Å². The van der Waals surface area contributed by atoms with Crippen molar-refractivity contribution in [3.63, 3.8) is 0 Å². The lowest BCUT2D eigenvalue weighted by molar-refractivity contribution is 0.0922. The smallest absolute Gasteiger partial charge is 0.254 e. The number of nitrogens with one attached hydrogen (secondary N) is 2. The summed E-state index contributed by atoms with van der Waals surface area (Å²) in [5, 5.41) is 6.00. The third kappa shape index (κ3) is 5.78. The molecule has 1 saturated carbocycles. The molecule has 4 rings (SSSR count). The Balaban J connectivity index is 1.41. The van der Waals surface area contributed by atoms with E-state index in [1.807, 2.05) is 32.0 Å². The van der Waals surface area contributed by atoms with Gasteiger partial charge >= 0.3 is 0 Å². The van der Waals surface area contributed by atoms with Gasteiger partial charge in [0.15, 0.2) is 5.03 Å². The zero-order valence-electron chi connectivity index (χ0n) is 20.4. The normalized spacial score (nSPS) is 17.9. The van der Waals surface area contributed by atoms with E-state index >= 15 is 0 Å². The van der Waals surface area contributed by atoms with Crippen LogP contribution in [0.1, 0.15) is 41.7 Å². The van der Waals surface area contributed by atoms with Gasteiger partial charge in [0.05, 0.1) is 10.5 Å². The highest BCUT2D eigenvalue weighted by atomic mass is 32.2. The molecule has 1 aromatic carbocycles. The fourth-order valence-electron chi connectivity index (χ4n) is 4.18. The molecule has 2 N–H and O–H groups in total. The van der Waals surface area contributed by atoms with Crippen molar-refractivity contribution in [1.82, 2.24) is 20.3 Å². The molecular formula is C25H29FN6O3S. The number of amides is 1. The summed E-state index contributed by atoms with van der Waals surface area (Å²) in [5.74, 6) is 0.356. The summed E-state index contributed by atoms with van der Waals surface area (Å²) >= 11 is 0. The predicted molar refractivity (Wildman–Crippen MR) is 134 cm³/mol. The molecule has 0 bridgehead atoms. The first kappa shape index (κ1) is 25.5. The van der Waals surface area contributed by atoms with Crippen molar-refractivity contribution in [2.45, 2.75) is 54.6 Å². The number of hydrogen-bond acceptors (Lipinski definition) is 8. The third-order valence-electron chi connectivity index (χ3n) is 6.09. The van der Waals surface area contributed by atoms with Crippen LogP contribution in [0.25, 0.3) is 0 Å². The van der Waals surface area contributed by atoms with Crippen LogP contribution >= 0.6 is 0 Å². The molecule has 0 aliphatic heterocycles. The molecule has 0 radical (unpaired) electrons. The molecule has 1 aliphatic carbocycles. The van der Waals surface area contributed by atoms with Crippen molar-refractivity contribution in [3.05, 3.63) is 65.7 Å². The molecule has 9 nitrogen and oxygen atoms in total.